The summed E-state index contributed by atoms with van der Waals surface area (Å²) in [7, 11) is 0. The number of carbonyl (C=O) groups excluding carboxylic acids is 1. The van der Waals surface area contributed by atoms with Gasteiger partial charge < -0.3 is 20.1 Å². The Morgan fingerprint density at radius 3 is 2.70 bits per heavy atom. The summed E-state index contributed by atoms with van der Waals surface area (Å²) < 4.78 is 5.46. The molecular weight excluding hydrogens is 260 g/mol. The summed E-state index contributed by atoms with van der Waals surface area (Å²) in [5.41, 5.74) is 2.01. The monoisotopic (exact) mass is 282 g/mol. The van der Waals surface area contributed by atoms with E-state index in [4.69, 9.17) is 9.84 Å². The number of aliphatic hydroxyl groups excluding tert-OH is 3. The number of Topliss-reactive ketones (excluding diaryl/α,β-unsaturated/α-hetero) is 1. The number of carbonyl (C=O) groups is 1. The third-order valence-electron chi connectivity index (χ3n) is 3.97. The predicted octanol–water partition coefficient (Wildman–Crippen LogP) is 0.341. The van der Waals surface area contributed by atoms with E-state index < -0.39 is 24.2 Å². The first-order valence-corrected chi connectivity index (χ1v) is 6.96. The highest BCUT2D eigenvalue weighted by Gasteiger charge is 2.46. The fraction of sp³-hybridized carbons (Fsp3) is 0.667. The second-order valence-electron chi connectivity index (χ2n) is 5.67. The van der Waals surface area contributed by atoms with E-state index in [2.05, 4.69) is 0 Å². The van der Waals surface area contributed by atoms with Crippen molar-refractivity contribution in [1.29, 1.82) is 0 Å². The number of hydrogen-bond acceptors (Lipinski definition) is 5. The van der Waals surface area contributed by atoms with Gasteiger partial charge in [-0.3, -0.25) is 4.79 Å². The van der Waals surface area contributed by atoms with Gasteiger partial charge in [0.05, 0.1) is 24.7 Å². The predicted molar refractivity (Wildman–Crippen MR) is 73.0 cm³/mol. The highest BCUT2D eigenvalue weighted by molar-refractivity contribution is 6.01. The molecule has 0 fully saturated rings. The summed E-state index contributed by atoms with van der Waals surface area (Å²) in [4.78, 5) is 12.5. The second kappa shape index (κ2) is 6.18. The Hall–Kier alpha value is -1.01. The molecule has 0 unspecified atom stereocenters. The molecule has 0 bridgehead atoms. The number of ether oxygens (including phenoxy) is 1. The van der Waals surface area contributed by atoms with Crippen LogP contribution in [0.2, 0.25) is 0 Å². The summed E-state index contributed by atoms with van der Waals surface area (Å²) in [6.07, 6.45) is 0.0280. The molecule has 1 heterocycles. The molecule has 2 aliphatic rings. The van der Waals surface area contributed by atoms with Crippen molar-refractivity contribution in [3.05, 3.63) is 22.8 Å². The molecule has 0 aromatic rings. The molecule has 0 saturated carbocycles. The number of aliphatic hydroxyl groups is 3. The molecule has 1 aliphatic heterocycles. The Labute approximate surface area is 118 Å². The topological polar surface area (TPSA) is 87.0 Å². The minimum absolute atomic E-state index is 0.0774. The van der Waals surface area contributed by atoms with Crippen LogP contribution in [0.25, 0.3) is 0 Å². The van der Waals surface area contributed by atoms with Crippen molar-refractivity contribution in [1.82, 2.24) is 0 Å². The molecule has 20 heavy (non-hydrogen) atoms. The zero-order chi connectivity index (χ0) is 14.9. The average molecular weight is 282 g/mol. The zero-order valence-corrected chi connectivity index (χ0v) is 11.9. The molecule has 5 heteroatoms. The third kappa shape index (κ3) is 2.72. The normalized spacial score (nSPS) is 33.4. The van der Waals surface area contributed by atoms with E-state index in [1.807, 2.05) is 19.9 Å². The van der Waals surface area contributed by atoms with Crippen LogP contribution >= 0.6 is 0 Å². The van der Waals surface area contributed by atoms with Crippen LogP contribution < -0.4 is 0 Å². The van der Waals surface area contributed by atoms with Gasteiger partial charge in [0.1, 0.15) is 6.10 Å². The molecule has 4 atom stereocenters. The van der Waals surface area contributed by atoms with Crippen molar-refractivity contribution in [2.45, 2.75) is 45.0 Å². The van der Waals surface area contributed by atoms with Gasteiger partial charge in [0.2, 0.25) is 0 Å². The number of hydrogen-bond donors (Lipinski definition) is 3. The van der Waals surface area contributed by atoms with Crippen LogP contribution in [0.1, 0.15) is 26.7 Å². The Bertz CT molecular complexity index is 447. The van der Waals surface area contributed by atoms with Gasteiger partial charge in [0.15, 0.2) is 5.78 Å². The number of rotatable bonds is 4. The highest BCUT2D eigenvalue weighted by Crippen LogP contribution is 2.37. The van der Waals surface area contributed by atoms with E-state index in [0.29, 0.717) is 24.0 Å². The van der Waals surface area contributed by atoms with Crippen molar-refractivity contribution in [2.24, 2.45) is 5.92 Å². The van der Waals surface area contributed by atoms with E-state index in [-0.39, 0.29) is 19.0 Å². The van der Waals surface area contributed by atoms with Gasteiger partial charge in [-0.1, -0.05) is 11.6 Å². The Kier molecular flexibility index (Phi) is 4.75. The highest BCUT2D eigenvalue weighted by atomic mass is 16.5. The van der Waals surface area contributed by atoms with Gasteiger partial charge in [-0.25, -0.2) is 0 Å². The van der Waals surface area contributed by atoms with Gasteiger partial charge in [0.25, 0.3) is 0 Å². The lowest BCUT2D eigenvalue weighted by Crippen LogP contribution is -2.45. The van der Waals surface area contributed by atoms with E-state index in [9.17, 15) is 15.0 Å². The van der Waals surface area contributed by atoms with Crippen LogP contribution in [-0.2, 0) is 9.53 Å². The minimum Gasteiger partial charge on any atom is -0.396 e. The summed E-state index contributed by atoms with van der Waals surface area (Å²) in [5, 5.41) is 29.3. The van der Waals surface area contributed by atoms with Crippen molar-refractivity contribution < 1.29 is 24.9 Å². The average Bonchev–Trinajstić information content (AvgIpc) is 2.80. The molecule has 1 aliphatic carbocycles. The van der Waals surface area contributed by atoms with Gasteiger partial charge >= 0.3 is 0 Å². The van der Waals surface area contributed by atoms with Crippen LogP contribution in [0, 0.1) is 5.92 Å². The van der Waals surface area contributed by atoms with Gasteiger partial charge in [-0.2, -0.15) is 0 Å². The van der Waals surface area contributed by atoms with Crippen molar-refractivity contribution >= 4 is 5.78 Å². The molecule has 0 saturated heterocycles. The van der Waals surface area contributed by atoms with Crippen LogP contribution in [-0.4, -0.2) is 52.6 Å². The third-order valence-corrected chi connectivity index (χ3v) is 3.97. The van der Waals surface area contributed by atoms with Gasteiger partial charge in [-0.05, 0) is 25.8 Å². The van der Waals surface area contributed by atoms with E-state index in [0.717, 1.165) is 5.57 Å². The maximum absolute atomic E-state index is 12.5. The molecule has 5 nitrogen and oxygen atoms in total. The molecule has 0 amide bonds. The van der Waals surface area contributed by atoms with Crippen molar-refractivity contribution in [3.8, 4) is 0 Å². The number of allylic oxidation sites excluding steroid dienone is 2. The number of ketones is 1. The van der Waals surface area contributed by atoms with E-state index >= 15 is 0 Å². The Morgan fingerprint density at radius 2 is 2.10 bits per heavy atom. The molecular formula is C15H22O5. The molecule has 2 rings (SSSR count). The largest absolute Gasteiger partial charge is 0.396 e. The van der Waals surface area contributed by atoms with Crippen LogP contribution in [0.3, 0.4) is 0 Å². The second-order valence-corrected chi connectivity index (χ2v) is 5.67. The summed E-state index contributed by atoms with van der Waals surface area (Å²) in [6, 6.07) is 0. The lowest BCUT2D eigenvalue weighted by Gasteiger charge is -2.32. The Morgan fingerprint density at radius 1 is 1.40 bits per heavy atom. The molecule has 0 radical (unpaired) electrons. The first kappa shape index (κ1) is 15.4. The van der Waals surface area contributed by atoms with Crippen LogP contribution in [0.5, 0.6) is 0 Å². The van der Waals surface area contributed by atoms with Crippen LogP contribution in [0.4, 0.5) is 0 Å². The standard InChI is InChI=1S/C15H22O5/c1-8(2)3-4-9-13(17)12-10(15(19)14(9)18)7-20-11(12)5-6-16/h3,9,11,14-16,18-19H,4-7H2,1-2H3/t9-,11+,14-,15+/m0/s1. The minimum atomic E-state index is -1.09. The molecule has 3 N–H and O–H groups in total. The lowest BCUT2D eigenvalue weighted by molar-refractivity contribution is -0.127. The molecule has 112 valence electrons. The summed E-state index contributed by atoms with van der Waals surface area (Å²) >= 11 is 0. The molecule has 0 spiro atoms. The Balaban J connectivity index is 2.28. The van der Waals surface area contributed by atoms with E-state index in [1.54, 1.807) is 0 Å². The van der Waals surface area contributed by atoms with Gasteiger partial charge in [0, 0.05) is 18.6 Å². The first-order chi connectivity index (χ1) is 9.47. The lowest BCUT2D eigenvalue weighted by atomic mass is 9.76. The fourth-order valence-electron chi connectivity index (χ4n) is 2.85. The SMILES string of the molecule is CC(C)=CC[C@H]1C(=O)C2=C(CO[C@@H]2CCO)[C@@H](O)[C@H]1O. The molecule has 0 aromatic carbocycles. The maximum atomic E-state index is 12.5. The quantitative estimate of drug-likeness (QED) is 0.647. The fourth-order valence-corrected chi connectivity index (χ4v) is 2.85. The summed E-state index contributed by atoms with van der Waals surface area (Å²) in [6.45, 7) is 3.92. The summed E-state index contributed by atoms with van der Waals surface area (Å²) in [5.74, 6) is -0.798. The molecule has 0 aromatic heterocycles. The smallest absolute Gasteiger partial charge is 0.167 e. The van der Waals surface area contributed by atoms with Crippen LogP contribution in [0.15, 0.2) is 22.8 Å². The van der Waals surface area contributed by atoms with Gasteiger partial charge in [-0.15, -0.1) is 0 Å². The maximum Gasteiger partial charge on any atom is 0.167 e. The van der Waals surface area contributed by atoms with Crippen molar-refractivity contribution in [2.75, 3.05) is 13.2 Å². The zero-order valence-electron chi connectivity index (χ0n) is 11.9. The van der Waals surface area contributed by atoms with E-state index in [1.165, 1.54) is 0 Å². The first-order valence-electron chi connectivity index (χ1n) is 6.96. The van der Waals surface area contributed by atoms with Crippen molar-refractivity contribution in [3.63, 3.8) is 0 Å².